The molecule has 5 heteroatoms. The molecule has 0 spiro atoms. The maximum Gasteiger partial charge on any atom is 0.237 e. The van der Waals surface area contributed by atoms with Gasteiger partial charge in [0.25, 0.3) is 0 Å². The van der Waals surface area contributed by atoms with Crippen LogP contribution in [0.3, 0.4) is 0 Å². The fourth-order valence-corrected chi connectivity index (χ4v) is 7.92. The normalized spacial score (nSPS) is 43.6. The summed E-state index contributed by atoms with van der Waals surface area (Å²) >= 11 is 0. The van der Waals surface area contributed by atoms with Crippen LogP contribution in [0.25, 0.3) is 0 Å². The van der Waals surface area contributed by atoms with Gasteiger partial charge in [0.15, 0.2) is 0 Å². The van der Waals surface area contributed by atoms with Crippen molar-refractivity contribution in [2.75, 3.05) is 0 Å². The van der Waals surface area contributed by atoms with Gasteiger partial charge in [0.2, 0.25) is 11.8 Å². The molecule has 174 valence electrons. The van der Waals surface area contributed by atoms with Gasteiger partial charge in [-0.1, -0.05) is 44.6 Å². The van der Waals surface area contributed by atoms with Crippen molar-refractivity contribution < 1.29 is 19.1 Å². The second kappa shape index (κ2) is 7.82. The van der Waals surface area contributed by atoms with E-state index in [1.807, 2.05) is 24.3 Å². The Bertz CT molecular complexity index is 1010. The quantitative estimate of drug-likeness (QED) is 0.402. The van der Waals surface area contributed by atoms with E-state index >= 15 is 0 Å². The third-order valence-corrected chi connectivity index (χ3v) is 9.44. The van der Waals surface area contributed by atoms with Crippen LogP contribution in [0.5, 0.6) is 5.75 Å². The highest BCUT2D eigenvalue weighted by molar-refractivity contribution is 6.16. The van der Waals surface area contributed by atoms with Gasteiger partial charge in [0.1, 0.15) is 23.6 Å². The number of rotatable bonds is 1. The summed E-state index contributed by atoms with van der Waals surface area (Å²) in [5.41, 5.74) is 0.955. The van der Waals surface area contributed by atoms with Crippen LogP contribution < -0.4 is 10.1 Å². The Morgan fingerprint density at radius 3 is 2.55 bits per heavy atom. The lowest BCUT2D eigenvalue weighted by atomic mass is 9.63. The van der Waals surface area contributed by atoms with Crippen molar-refractivity contribution in [2.24, 2.45) is 53.3 Å². The van der Waals surface area contributed by atoms with Crippen LogP contribution in [0.1, 0.15) is 45.1 Å². The van der Waals surface area contributed by atoms with Crippen molar-refractivity contribution in [3.8, 4) is 5.75 Å². The van der Waals surface area contributed by atoms with Gasteiger partial charge >= 0.3 is 0 Å². The number of fused-ring (bicyclic) bond motifs is 4. The Balaban J connectivity index is 1.51. The smallest absolute Gasteiger partial charge is 0.237 e. The molecule has 1 N–H and O–H groups in total. The molecule has 3 aliphatic carbocycles. The second-order valence-electron chi connectivity index (χ2n) is 11.2. The van der Waals surface area contributed by atoms with E-state index in [4.69, 9.17) is 4.74 Å². The number of hydrogen-bond donors (Lipinski definition) is 1. The van der Waals surface area contributed by atoms with Gasteiger partial charge in [-0.2, -0.15) is 0 Å². The van der Waals surface area contributed by atoms with E-state index in [0.717, 1.165) is 30.6 Å². The van der Waals surface area contributed by atoms with Crippen LogP contribution in [-0.2, 0) is 20.8 Å². The van der Waals surface area contributed by atoms with E-state index in [0.29, 0.717) is 30.1 Å². The Morgan fingerprint density at radius 1 is 1.00 bits per heavy atom. The van der Waals surface area contributed by atoms with Gasteiger partial charge < -0.3 is 4.74 Å². The van der Waals surface area contributed by atoms with Gasteiger partial charge in [-0.15, -0.1) is 0 Å². The highest BCUT2D eigenvalue weighted by Crippen LogP contribution is 2.58. The molecule has 0 aromatic heterocycles. The summed E-state index contributed by atoms with van der Waals surface area (Å²) in [4.78, 5) is 39.9. The average molecular weight is 448 g/mol. The predicted molar refractivity (Wildman–Crippen MR) is 123 cm³/mol. The first-order valence-corrected chi connectivity index (χ1v) is 12.8. The summed E-state index contributed by atoms with van der Waals surface area (Å²) in [5, 5.41) is 2.48. The number of amides is 2. The number of Topliss-reactive ketones (excluding diaryl/α,β-unsaturated/α-hetero) is 1. The monoisotopic (exact) mass is 447 g/mol. The molecule has 1 aromatic rings. The molecule has 33 heavy (non-hydrogen) atoms. The number of hydrogen-bond acceptors (Lipinski definition) is 4. The maximum absolute atomic E-state index is 14.2. The maximum atomic E-state index is 14.2. The Kier molecular flexibility index (Phi) is 5.00. The first-order chi connectivity index (χ1) is 16.0. The van der Waals surface area contributed by atoms with E-state index in [9.17, 15) is 14.4 Å². The van der Waals surface area contributed by atoms with E-state index in [1.165, 1.54) is 6.42 Å². The number of benzene rings is 1. The topological polar surface area (TPSA) is 72.5 Å². The summed E-state index contributed by atoms with van der Waals surface area (Å²) in [5.74, 6) is 0.318. The number of nitrogens with one attached hydrogen (secondary N) is 1. The van der Waals surface area contributed by atoms with Crippen molar-refractivity contribution in [1.29, 1.82) is 0 Å². The fourth-order valence-electron chi connectivity index (χ4n) is 7.92. The van der Waals surface area contributed by atoms with Gasteiger partial charge in [-0.05, 0) is 73.0 Å². The molecule has 2 amide bonds. The third kappa shape index (κ3) is 3.22. The lowest BCUT2D eigenvalue weighted by Crippen LogP contribution is -2.47. The van der Waals surface area contributed by atoms with Crippen molar-refractivity contribution in [3.05, 3.63) is 42.0 Å². The van der Waals surface area contributed by atoms with Crippen LogP contribution in [0.2, 0.25) is 0 Å². The Morgan fingerprint density at radius 2 is 1.79 bits per heavy atom. The lowest BCUT2D eigenvalue weighted by Gasteiger charge is -2.40. The summed E-state index contributed by atoms with van der Waals surface area (Å²) in [6.45, 7) is 4.46. The van der Waals surface area contributed by atoms with Crippen molar-refractivity contribution in [2.45, 2.75) is 52.1 Å². The molecular formula is C28H33NO4. The van der Waals surface area contributed by atoms with Crippen LogP contribution in [-0.4, -0.2) is 23.7 Å². The van der Waals surface area contributed by atoms with E-state index < -0.39 is 17.7 Å². The van der Waals surface area contributed by atoms with Crippen molar-refractivity contribution in [1.82, 2.24) is 5.32 Å². The molecule has 1 aromatic carbocycles. The number of allylic oxidation sites excluding steroid dienone is 2. The first-order valence-electron chi connectivity index (χ1n) is 12.8. The van der Waals surface area contributed by atoms with E-state index in [-0.39, 0.29) is 35.5 Å². The second-order valence-corrected chi connectivity index (χ2v) is 11.2. The highest BCUT2D eigenvalue weighted by atomic mass is 16.5. The molecule has 10 atom stereocenters. The average Bonchev–Trinajstić information content (AvgIpc) is 3.25. The van der Waals surface area contributed by atoms with Crippen molar-refractivity contribution in [3.63, 3.8) is 0 Å². The standard InChI is InChI=1S/C28H33NO4/c1-3-16-7-11-18-20-12-14(2)4-10-19(20)26-23(18)22(16)25(30)24-21(27(31)29-28(24)32)13-15-5-8-17(33-26)9-6-15/h5-9,11,14,16,18-24,26H,3-4,10,12-13H2,1-2H3,(H,29,31,32)/t14-,16+,18+,19-,20+,21+,22+,23+,24-,26+/m1/s1. The summed E-state index contributed by atoms with van der Waals surface area (Å²) in [6.07, 6.45) is 9.30. The summed E-state index contributed by atoms with van der Waals surface area (Å²) < 4.78 is 6.75. The third-order valence-electron chi connectivity index (χ3n) is 9.44. The van der Waals surface area contributed by atoms with E-state index in [2.05, 4.69) is 31.3 Å². The van der Waals surface area contributed by atoms with Crippen LogP contribution in [0.15, 0.2) is 36.4 Å². The number of ether oxygens (including phenoxy) is 1. The highest BCUT2D eigenvalue weighted by Gasteiger charge is 2.60. The number of carbonyl (C=O) groups excluding carboxylic acids is 3. The molecule has 1 saturated heterocycles. The Labute approximate surface area is 195 Å². The Hall–Kier alpha value is -2.43. The van der Waals surface area contributed by atoms with E-state index in [1.54, 1.807) is 0 Å². The van der Waals surface area contributed by atoms with Crippen molar-refractivity contribution >= 4 is 17.6 Å². The van der Waals surface area contributed by atoms with Gasteiger partial charge in [0, 0.05) is 11.8 Å². The molecule has 6 aliphatic rings. The fraction of sp³-hybridized carbons (Fsp3) is 0.607. The molecule has 0 radical (unpaired) electrons. The summed E-state index contributed by atoms with van der Waals surface area (Å²) in [7, 11) is 0. The predicted octanol–water partition coefficient (Wildman–Crippen LogP) is 3.96. The number of carbonyl (C=O) groups is 3. The van der Waals surface area contributed by atoms with Crippen LogP contribution >= 0.6 is 0 Å². The molecule has 3 heterocycles. The van der Waals surface area contributed by atoms with Crippen LogP contribution in [0, 0.1) is 53.3 Å². The van der Waals surface area contributed by atoms with Gasteiger partial charge in [0.05, 0.1) is 5.92 Å². The molecule has 3 fully saturated rings. The first kappa shape index (κ1) is 21.1. The van der Waals surface area contributed by atoms with Gasteiger partial charge in [-0.3, -0.25) is 19.7 Å². The lowest BCUT2D eigenvalue weighted by molar-refractivity contribution is -0.140. The molecule has 5 nitrogen and oxygen atoms in total. The molecular weight excluding hydrogens is 414 g/mol. The zero-order valence-corrected chi connectivity index (χ0v) is 19.4. The minimum atomic E-state index is -0.898. The van der Waals surface area contributed by atoms with Gasteiger partial charge in [-0.25, -0.2) is 0 Å². The zero-order chi connectivity index (χ0) is 22.9. The molecule has 2 saturated carbocycles. The van der Waals surface area contributed by atoms with Crippen LogP contribution in [0.4, 0.5) is 0 Å². The summed E-state index contributed by atoms with van der Waals surface area (Å²) in [6, 6.07) is 7.96. The zero-order valence-electron chi connectivity index (χ0n) is 19.4. The number of ketones is 1. The molecule has 3 aliphatic heterocycles. The SMILES string of the molecule is CC[C@H]1C=C[C@H]2[C@@H]3C[C@H](C)CC[C@H]3[C@@H]3Oc4ccc(cc4)C[C@@H]4C(=O)NC(=O)[C@H]4C(=O)[C@@H]1[C@H]23. The molecule has 2 bridgehead atoms. The number of imide groups is 1. The minimum Gasteiger partial charge on any atom is -0.490 e. The molecule has 0 unspecified atom stereocenters. The largest absolute Gasteiger partial charge is 0.490 e. The molecule has 7 rings (SSSR count). The minimum absolute atomic E-state index is 0.0372.